The molecular weight excluding hydrogens is 216 g/mol. The first-order valence-electron chi connectivity index (χ1n) is 6.95. The van der Waals surface area contributed by atoms with Crippen molar-refractivity contribution in [3.8, 4) is 0 Å². The number of amides is 1. The fraction of sp³-hybridized carbons (Fsp3) is 0.923. The second-order valence-corrected chi connectivity index (χ2v) is 5.27. The third kappa shape index (κ3) is 3.68. The SMILES string of the molecule is NC1CCCCCC1NC(=O)C1CCCCO1. The lowest BCUT2D eigenvalue weighted by Crippen LogP contribution is -2.50. The number of rotatable bonds is 2. The predicted molar refractivity (Wildman–Crippen MR) is 66.6 cm³/mol. The van der Waals surface area contributed by atoms with E-state index in [1.165, 1.54) is 19.3 Å². The molecule has 0 spiro atoms. The topological polar surface area (TPSA) is 64.3 Å². The van der Waals surface area contributed by atoms with Crippen molar-refractivity contribution in [1.82, 2.24) is 5.32 Å². The van der Waals surface area contributed by atoms with Crippen molar-refractivity contribution in [3.05, 3.63) is 0 Å². The molecular formula is C13H24N2O2. The fourth-order valence-electron chi connectivity index (χ4n) is 2.74. The lowest BCUT2D eigenvalue weighted by Gasteiger charge is -2.27. The fourth-order valence-corrected chi connectivity index (χ4v) is 2.74. The van der Waals surface area contributed by atoms with Crippen molar-refractivity contribution in [1.29, 1.82) is 0 Å². The zero-order valence-electron chi connectivity index (χ0n) is 10.5. The van der Waals surface area contributed by atoms with Gasteiger partial charge in [0.15, 0.2) is 0 Å². The van der Waals surface area contributed by atoms with Crippen molar-refractivity contribution in [2.75, 3.05) is 6.61 Å². The van der Waals surface area contributed by atoms with Crippen LogP contribution in [0.4, 0.5) is 0 Å². The largest absolute Gasteiger partial charge is 0.368 e. The quantitative estimate of drug-likeness (QED) is 0.716. The molecule has 1 aliphatic carbocycles. The maximum atomic E-state index is 12.0. The Bertz CT molecular complexity index is 252. The van der Waals surface area contributed by atoms with Crippen molar-refractivity contribution in [2.24, 2.45) is 5.73 Å². The van der Waals surface area contributed by atoms with Crippen LogP contribution in [-0.2, 0) is 9.53 Å². The van der Waals surface area contributed by atoms with Crippen LogP contribution in [0.2, 0.25) is 0 Å². The van der Waals surface area contributed by atoms with Gasteiger partial charge < -0.3 is 15.8 Å². The van der Waals surface area contributed by atoms with Gasteiger partial charge in [-0.15, -0.1) is 0 Å². The highest BCUT2D eigenvalue weighted by atomic mass is 16.5. The third-order valence-corrected chi connectivity index (χ3v) is 3.87. The van der Waals surface area contributed by atoms with Crippen molar-refractivity contribution in [3.63, 3.8) is 0 Å². The van der Waals surface area contributed by atoms with Crippen LogP contribution >= 0.6 is 0 Å². The molecule has 1 aliphatic heterocycles. The average Bonchev–Trinajstić information content (AvgIpc) is 2.56. The van der Waals surface area contributed by atoms with Crippen LogP contribution in [0.15, 0.2) is 0 Å². The van der Waals surface area contributed by atoms with Gasteiger partial charge in [-0.2, -0.15) is 0 Å². The summed E-state index contributed by atoms with van der Waals surface area (Å²) in [6.07, 6.45) is 8.42. The minimum atomic E-state index is -0.237. The number of carbonyl (C=O) groups excluding carboxylic acids is 1. The van der Waals surface area contributed by atoms with Gasteiger partial charge in [-0.25, -0.2) is 0 Å². The van der Waals surface area contributed by atoms with Crippen molar-refractivity contribution >= 4 is 5.91 Å². The highest BCUT2D eigenvalue weighted by Crippen LogP contribution is 2.18. The smallest absolute Gasteiger partial charge is 0.249 e. The molecule has 0 aromatic rings. The first kappa shape index (κ1) is 12.8. The molecule has 1 heterocycles. The van der Waals surface area contributed by atoms with Crippen LogP contribution < -0.4 is 11.1 Å². The van der Waals surface area contributed by atoms with Crippen LogP contribution in [0, 0.1) is 0 Å². The molecule has 3 unspecified atom stereocenters. The standard InChI is InChI=1S/C13H24N2O2/c14-10-6-2-1-3-7-11(10)15-13(16)12-8-4-5-9-17-12/h10-12H,1-9,14H2,(H,15,16). The van der Waals surface area contributed by atoms with Gasteiger partial charge in [-0.1, -0.05) is 19.3 Å². The van der Waals surface area contributed by atoms with E-state index in [1.54, 1.807) is 0 Å². The highest BCUT2D eigenvalue weighted by Gasteiger charge is 2.27. The van der Waals surface area contributed by atoms with Gasteiger partial charge in [0.2, 0.25) is 5.91 Å². The summed E-state index contributed by atoms with van der Waals surface area (Å²) >= 11 is 0. The Morgan fingerprint density at radius 2 is 1.82 bits per heavy atom. The van der Waals surface area contributed by atoms with E-state index in [0.717, 1.165) is 38.7 Å². The first-order chi connectivity index (χ1) is 8.27. The number of ether oxygens (including phenoxy) is 1. The molecule has 17 heavy (non-hydrogen) atoms. The molecule has 1 saturated heterocycles. The number of hydrogen-bond donors (Lipinski definition) is 2. The molecule has 3 atom stereocenters. The van der Waals surface area contributed by atoms with E-state index >= 15 is 0 Å². The Kier molecular flexibility index (Phi) is 4.80. The normalized spacial score (nSPS) is 35.0. The summed E-state index contributed by atoms with van der Waals surface area (Å²) in [6, 6.07) is 0.264. The summed E-state index contributed by atoms with van der Waals surface area (Å²) in [5, 5.41) is 3.09. The molecule has 4 nitrogen and oxygen atoms in total. The highest BCUT2D eigenvalue weighted by molar-refractivity contribution is 5.81. The zero-order valence-corrected chi connectivity index (χ0v) is 10.5. The monoisotopic (exact) mass is 240 g/mol. The number of hydrogen-bond acceptors (Lipinski definition) is 3. The van der Waals surface area contributed by atoms with Gasteiger partial charge in [0.05, 0.1) is 0 Å². The van der Waals surface area contributed by atoms with Gasteiger partial charge in [-0.3, -0.25) is 4.79 Å². The molecule has 98 valence electrons. The molecule has 2 rings (SSSR count). The minimum Gasteiger partial charge on any atom is -0.368 e. The summed E-state index contributed by atoms with van der Waals surface area (Å²) in [6.45, 7) is 0.717. The maximum absolute atomic E-state index is 12.0. The van der Waals surface area contributed by atoms with Crippen LogP contribution in [-0.4, -0.2) is 30.7 Å². The molecule has 0 bridgehead atoms. The van der Waals surface area contributed by atoms with Gasteiger partial charge in [-0.05, 0) is 32.1 Å². The third-order valence-electron chi connectivity index (χ3n) is 3.87. The molecule has 2 fully saturated rings. The zero-order chi connectivity index (χ0) is 12.1. The van der Waals surface area contributed by atoms with Gasteiger partial charge in [0.1, 0.15) is 6.10 Å². The molecule has 0 aromatic heterocycles. The maximum Gasteiger partial charge on any atom is 0.249 e. The molecule has 1 amide bonds. The molecule has 2 aliphatic rings. The van der Waals surface area contributed by atoms with E-state index in [0.29, 0.717) is 0 Å². The Labute approximate surface area is 103 Å². The van der Waals surface area contributed by atoms with Crippen LogP contribution in [0.25, 0.3) is 0 Å². The summed E-state index contributed by atoms with van der Waals surface area (Å²) in [7, 11) is 0. The lowest BCUT2D eigenvalue weighted by atomic mass is 10.0. The molecule has 4 heteroatoms. The van der Waals surface area contributed by atoms with E-state index < -0.39 is 0 Å². The van der Waals surface area contributed by atoms with Crippen molar-refractivity contribution < 1.29 is 9.53 Å². The van der Waals surface area contributed by atoms with Gasteiger partial charge >= 0.3 is 0 Å². The number of nitrogens with one attached hydrogen (secondary N) is 1. The molecule has 0 radical (unpaired) electrons. The summed E-state index contributed by atoms with van der Waals surface area (Å²) in [5.74, 6) is 0.0482. The second kappa shape index (κ2) is 6.36. The number of nitrogens with two attached hydrogens (primary N) is 1. The van der Waals surface area contributed by atoms with Crippen molar-refractivity contribution in [2.45, 2.75) is 69.6 Å². The Morgan fingerprint density at radius 3 is 2.59 bits per heavy atom. The number of carbonyl (C=O) groups is 1. The van der Waals surface area contributed by atoms with Crippen LogP contribution in [0.1, 0.15) is 51.4 Å². The van der Waals surface area contributed by atoms with Gasteiger partial charge in [0, 0.05) is 18.7 Å². The van der Waals surface area contributed by atoms with Crippen LogP contribution in [0.3, 0.4) is 0 Å². The Morgan fingerprint density at radius 1 is 1.06 bits per heavy atom. The van der Waals surface area contributed by atoms with E-state index in [-0.39, 0.29) is 24.1 Å². The van der Waals surface area contributed by atoms with E-state index in [4.69, 9.17) is 10.5 Å². The Hall–Kier alpha value is -0.610. The molecule has 0 aromatic carbocycles. The molecule has 1 saturated carbocycles. The van der Waals surface area contributed by atoms with E-state index in [1.807, 2.05) is 0 Å². The summed E-state index contributed by atoms with van der Waals surface area (Å²) in [4.78, 5) is 12.0. The van der Waals surface area contributed by atoms with E-state index in [2.05, 4.69) is 5.32 Å². The van der Waals surface area contributed by atoms with E-state index in [9.17, 15) is 4.79 Å². The van der Waals surface area contributed by atoms with Crippen LogP contribution in [0.5, 0.6) is 0 Å². The molecule has 3 N–H and O–H groups in total. The predicted octanol–water partition coefficient (Wildman–Crippen LogP) is 1.33. The van der Waals surface area contributed by atoms with Gasteiger partial charge in [0.25, 0.3) is 0 Å². The summed E-state index contributed by atoms with van der Waals surface area (Å²) < 4.78 is 5.49. The summed E-state index contributed by atoms with van der Waals surface area (Å²) in [5.41, 5.74) is 6.10. The minimum absolute atomic E-state index is 0.0482. The lowest BCUT2D eigenvalue weighted by molar-refractivity contribution is -0.136. The first-order valence-corrected chi connectivity index (χ1v) is 6.95. The Balaban J connectivity index is 1.83. The average molecular weight is 240 g/mol. The second-order valence-electron chi connectivity index (χ2n) is 5.27.